The number of fused-ring (bicyclic) bond motifs is 5. The molecule has 0 bridgehead atoms. The summed E-state index contributed by atoms with van der Waals surface area (Å²) < 4.78 is 0. The largest absolute Gasteiger partial charge is 0.389 e. The van der Waals surface area contributed by atoms with Crippen LogP contribution in [0, 0.1) is 28.6 Å². The predicted molar refractivity (Wildman–Crippen MR) is 82.7 cm³/mol. The Labute approximate surface area is 128 Å². The molecule has 0 aliphatic heterocycles. The second-order valence-corrected chi connectivity index (χ2v) is 8.55. The smallest absolute Gasteiger partial charge is 0.139 e. The second-order valence-electron chi connectivity index (χ2n) is 8.55. The van der Waals surface area contributed by atoms with Crippen molar-refractivity contribution in [3.05, 3.63) is 11.6 Å². The van der Waals surface area contributed by atoms with Crippen molar-refractivity contribution in [2.24, 2.45) is 28.6 Å². The van der Waals surface area contributed by atoms with E-state index in [1.165, 1.54) is 18.4 Å². The third-order valence-electron chi connectivity index (χ3n) is 7.80. The van der Waals surface area contributed by atoms with Crippen LogP contribution in [0.4, 0.5) is 0 Å². The van der Waals surface area contributed by atoms with Crippen molar-refractivity contribution in [3.8, 4) is 0 Å². The highest BCUT2D eigenvalue weighted by Gasteiger charge is 2.58. The molecule has 3 saturated carbocycles. The fourth-order valence-electron chi connectivity index (χ4n) is 6.48. The van der Waals surface area contributed by atoms with E-state index in [4.69, 9.17) is 0 Å². The van der Waals surface area contributed by atoms with Crippen molar-refractivity contribution in [2.45, 2.75) is 71.3 Å². The van der Waals surface area contributed by atoms with Gasteiger partial charge in [-0.25, -0.2) is 0 Å². The number of Topliss-reactive ketones (excluding diaryl/α,β-unsaturated/α-hetero) is 1. The Morgan fingerprint density at radius 3 is 2.52 bits per heavy atom. The number of carbonyl (C=O) groups excluding carboxylic acids is 1. The molecule has 0 aromatic heterocycles. The van der Waals surface area contributed by atoms with Crippen LogP contribution in [0.15, 0.2) is 11.6 Å². The number of rotatable bonds is 0. The summed E-state index contributed by atoms with van der Waals surface area (Å²) in [5.74, 6) is 2.66. The predicted octanol–water partition coefficient (Wildman–Crippen LogP) is 3.88. The van der Waals surface area contributed by atoms with Crippen molar-refractivity contribution in [3.63, 3.8) is 0 Å². The van der Waals surface area contributed by atoms with Crippen LogP contribution in [0.5, 0.6) is 0 Å². The molecular formula is C19H28O2. The molecule has 116 valence electrons. The fourth-order valence-corrected chi connectivity index (χ4v) is 6.48. The van der Waals surface area contributed by atoms with E-state index in [0.717, 1.165) is 50.4 Å². The van der Waals surface area contributed by atoms with E-state index in [0.29, 0.717) is 17.1 Å². The third-order valence-corrected chi connectivity index (χ3v) is 7.80. The van der Waals surface area contributed by atoms with Crippen LogP contribution in [-0.2, 0) is 4.79 Å². The number of aliphatic hydroxyl groups is 1. The summed E-state index contributed by atoms with van der Waals surface area (Å²) in [4.78, 5) is 12.4. The number of aliphatic hydroxyl groups excluding tert-OH is 1. The number of ketones is 1. The Bertz CT molecular complexity index is 508. The van der Waals surface area contributed by atoms with Gasteiger partial charge in [-0.1, -0.05) is 25.5 Å². The fraction of sp³-hybridized carbons (Fsp3) is 0.842. The number of allylic oxidation sites excluding steroid dienone is 1. The standard InChI is InChI=1S/C19H28O2/c1-18-9-7-13(20)11-12(18)3-4-14-15-5-6-17(21)19(15,2)10-8-16(14)18/h11,13-16,20H,3-10H2,1-2H3/t13?,14-,15-,16-,18-,19-/m0/s1. The second kappa shape index (κ2) is 4.44. The molecule has 2 heteroatoms. The molecule has 0 spiro atoms. The van der Waals surface area contributed by atoms with Gasteiger partial charge in [-0.05, 0) is 68.1 Å². The maximum absolute atomic E-state index is 12.4. The first-order valence-corrected chi connectivity index (χ1v) is 8.88. The van der Waals surface area contributed by atoms with E-state index in [2.05, 4.69) is 19.9 Å². The summed E-state index contributed by atoms with van der Waals surface area (Å²) in [5, 5.41) is 9.96. The van der Waals surface area contributed by atoms with E-state index in [9.17, 15) is 9.90 Å². The molecule has 0 amide bonds. The lowest BCUT2D eigenvalue weighted by atomic mass is 9.47. The maximum atomic E-state index is 12.4. The van der Waals surface area contributed by atoms with Crippen LogP contribution in [-0.4, -0.2) is 17.0 Å². The molecule has 2 nitrogen and oxygen atoms in total. The number of hydrogen-bond acceptors (Lipinski definition) is 2. The summed E-state index contributed by atoms with van der Waals surface area (Å²) in [6.45, 7) is 4.70. The Morgan fingerprint density at radius 2 is 1.71 bits per heavy atom. The van der Waals surface area contributed by atoms with Gasteiger partial charge in [-0.15, -0.1) is 0 Å². The van der Waals surface area contributed by atoms with Gasteiger partial charge < -0.3 is 5.11 Å². The van der Waals surface area contributed by atoms with Crippen LogP contribution in [0.2, 0.25) is 0 Å². The summed E-state index contributed by atoms with van der Waals surface area (Å²) in [5.41, 5.74) is 1.82. The average molecular weight is 288 g/mol. The Balaban J connectivity index is 1.69. The minimum absolute atomic E-state index is 0.00702. The van der Waals surface area contributed by atoms with Crippen LogP contribution in [0.25, 0.3) is 0 Å². The minimum atomic E-state index is -0.216. The molecule has 0 saturated heterocycles. The zero-order valence-electron chi connectivity index (χ0n) is 13.4. The summed E-state index contributed by atoms with van der Waals surface area (Å²) in [7, 11) is 0. The van der Waals surface area contributed by atoms with Crippen molar-refractivity contribution in [1.29, 1.82) is 0 Å². The van der Waals surface area contributed by atoms with Crippen LogP contribution in [0.3, 0.4) is 0 Å². The highest BCUT2D eigenvalue weighted by molar-refractivity contribution is 5.87. The van der Waals surface area contributed by atoms with Crippen molar-refractivity contribution < 1.29 is 9.90 Å². The van der Waals surface area contributed by atoms with Gasteiger partial charge in [0.2, 0.25) is 0 Å². The summed E-state index contributed by atoms with van der Waals surface area (Å²) >= 11 is 0. The molecule has 4 aliphatic carbocycles. The van der Waals surface area contributed by atoms with E-state index in [1.807, 2.05) is 0 Å². The number of hydrogen-bond donors (Lipinski definition) is 1. The van der Waals surface area contributed by atoms with Gasteiger partial charge in [0.15, 0.2) is 0 Å². The summed E-state index contributed by atoms with van der Waals surface area (Å²) in [6, 6.07) is 0. The lowest BCUT2D eigenvalue weighted by Crippen LogP contribution is -2.50. The third kappa shape index (κ3) is 1.78. The first-order valence-electron chi connectivity index (χ1n) is 8.88. The monoisotopic (exact) mass is 288 g/mol. The van der Waals surface area contributed by atoms with Crippen LogP contribution in [0.1, 0.15) is 65.2 Å². The highest BCUT2D eigenvalue weighted by Crippen LogP contribution is 2.64. The molecule has 0 aromatic rings. The normalized spacial score (nSPS) is 52.7. The molecule has 21 heavy (non-hydrogen) atoms. The SMILES string of the molecule is C[C@]12CCC(O)C=C1CC[C@@H]1[C@@H]2CC[C@]2(C)C(=O)CC[C@@H]12. The summed E-state index contributed by atoms with van der Waals surface area (Å²) in [6.07, 6.45) is 10.7. The molecule has 1 N–H and O–H groups in total. The van der Waals surface area contributed by atoms with Gasteiger partial charge in [0.05, 0.1) is 6.10 Å². The van der Waals surface area contributed by atoms with E-state index in [1.54, 1.807) is 0 Å². The van der Waals surface area contributed by atoms with Crippen LogP contribution < -0.4 is 0 Å². The first kappa shape index (κ1) is 14.0. The zero-order chi connectivity index (χ0) is 14.8. The van der Waals surface area contributed by atoms with Gasteiger partial charge in [0, 0.05) is 11.8 Å². The Kier molecular flexibility index (Phi) is 2.96. The van der Waals surface area contributed by atoms with Crippen molar-refractivity contribution >= 4 is 5.78 Å². The van der Waals surface area contributed by atoms with E-state index < -0.39 is 0 Å². The van der Waals surface area contributed by atoms with Crippen LogP contribution >= 0.6 is 0 Å². The van der Waals surface area contributed by atoms with Gasteiger partial charge in [0.1, 0.15) is 5.78 Å². The molecule has 1 unspecified atom stereocenters. The molecular weight excluding hydrogens is 260 g/mol. The van der Waals surface area contributed by atoms with E-state index >= 15 is 0 Å². The zero-order valence-corrected chi connectivity index (χ0v) is 13.4. The van der Waals surface area contributed by atoms with E-state index in [-0.39, 0.29) is 11.5 Å². The van der Waals surface area contributed by atoms with Gasteiger partial charge in [-0.3, -0.25) is 4.79 Å². The maximum Gasteiger partial charge on any atom is 0.139 e. The topological polar surface area (TPSA) is 37.3 Å². The molecule has 0 heterocycles. The molecule has 4 aliphatic rings. The first-order chi connectivity index (χ1) is 9.95. The van der Waals surface area contributed by atoms with Gasteiger partial charge in [-0.2, -0.15) is 0 Å². The average Bonchev–Trinajstić information content (AvgIpc) is 2.76. The molecule has 6 atom stereocenters. The quantitative estimate of drug-likeness (QED) is 0.687. The Hall–Kier alpha value is -0.630. The molecule has 4 rings (SSSR count). The Morgan fingerprint density at radius 1 is 1.00 bits per heavy atom. The lowest BCUT2D eigenvalue weighted by Gasteiger charge is -2.57. The van der Waals surface area contributed by atoms with Crippen molar-refractivity contribution in [1.82, 2.24) is 0 Å². The highest BCUT2D eigenvalue weighted by atomic mass is 16.3. The van der Waals surface area contributed by atoms with Gasteiger partial charge in [0.25, 0.3) is 0 Å². The molecule has 3 fully saturated rings. The molecule has 0 aromatic carbocycles. The minimum Gasteiger partial charge on any atom is -0.389 e. The van der Waals surface area contributed by atoms with Crippen molar-refractivity contribution in [2.75, 3.05) is 0 Å². The lowest BCUT2D eigenvalue weighted by molar-refractivity contribution is -0.132. The number of carbonyl (C=O) groups is 1. The van der Waals surface area contributed by atoms with Gasteiger partial charge >= 0.3 is 0 Å². The molecule has 0 radical (unpaired) electrons.